The van der Waals surface area contributed by atoms with Gasteiger partial charge in [0.25, 0.3) is 5.91 Å². The Kier molecular flexibility index (Phi) is 6.08. The third kappa shape index (κ3) is 3.90. The molecule has 1 atom stereocenters. The van der Waals surface area contributed by atoms with Crippen molar-refractivity contribution in [1.82, 2.24) is 9.80 Å². The molecular weight excluding hydrogens is 332 g/mol. The second kappa shape index (κ2) is 7.91. The number of nitrogens with zero attached hydrogens (tertiary/aromatic N) is 2. The number of phenols is 1. The zero-order valence-corrected chi connectivity index (χ0v) is 16.1. The summed E-state index contributed by atoms with van der Waals surface area (Å²) in [5.41, 5.74) is 0.798. The van der Waals surface area contributed by atoms with Crippen LogP contribution in [0.2, 0.25) is 0 Å². The molecule has 1 heterocycles. The molecule has 0 fully saturated rings. The molecule has 1 aromatic carbocycles. The highest BCUT2D eigenvalue weighted by Gasteiger charge is 2.42. The van der Waals surface area contributed by atoms with E-state index in [4.69, 9.17) is 0 Å². The first-order valence-corrected chi connectivity index (χ1v) is 8.94. The quantitative estimate of drug-likeness (QED) is 0.781. The van der Waals surface area contributed by atoms with Crippen LogP contribution in [0.25, 0.3) is 0 Å². The Morgan fingerprint density at radius 3 is 2.12 bits per heavy atom. The lowest BCUT2D eigenvalue weighted by Gasteiger charge is -2.34. The third-order valence-electron chi connectivity index (χ3n) is 4.82. The van der Waals surface area contributed by atoms with Crippen LogP contribution in [0.3, 0.4) is 0 Å². The van der Waals surface area contributed by atoms with Crippen molar-refractivity contribution in [2.75, 3.05) is 13.1 Å². The van der Waals surface area contributed by atoms with Gasteiger partial charge in [-0.05, 0) is 52.3 Å². The SMILES string of the molecule is CC(=O)C1=C(O)C(=O)N(CCN(C(C)C)C(C)C)[C@@H]1c1ccc(O)cc1. The minimum absolute atomic E-state index is 0.105. The molecule has 0 saturated carbocycles. The molecule has 1 aromatic rings. The minimum atomic E-state index is -0.637. The number of phenolic OH excluding ortho intramolecular Hbond substituents is 1. The lowest BCUT2D eigenvalue weighted by Crippen LogP contribution is -2.44. The Morgan fingerprint density at radius 1 is 1.12 bits per heavy atom. The molecule has 0 aliphatic carbocycles. The second-order valence-corrected chi connectivity index (χ2v) is 7.24. The van der Waals surface area contributed by atoms with Crippen molar-refractivity contribution < 1.29 is 19.8 Å². The minimum Gasteiger partial charge on any atom is -0.508 e. The fourth-order valence-corrected chi connectivity index (χ4v) is 3.58. The molecule has 6 nitrogen and oxygen atoms in total. The van der Waals surface area contributed by atoms with E-state index in [0.717, 1.165) is 0 Å². The number of aromatic hydroxyl groups is 1. The van der Waals surface area contributed by atoms with Crippen LogP contribution in [0, 0.1) is 0 Å². The first-order chi connectivity index (χ1) is 12.1. The maximum Gasteiger partial charge on any atom is 0.290 e. The van der Waals surface area contributed by atoms with Crippen LogP contribution in [-0.2, 0) is 9.59 Å². The lowest BCUT2D eigenvalue weighted by atomic mass is 9.96. The van der Waals surface area contributed by atoms with Crippen molar-refractivity contribution in [3.8, 4) is 5.75 Å². The molecule has 6 heteroatoms. The summed E-state index contributed by atoms with van der Waals surface area (Å²) in [4.78, 5) is 28.5. The largest absolute Gasteiger partial charge is 0.508 e. The number of benzene rings is 1. The molecule has 0 unspecified atom stereocenters. The molecule has 26 heavy (non-hydrogen) atoms. The van der Waals surface area contributed by atoms with E-state index in [1.807, 2.05) is 0 Å². The van der Waals surface area contributed by atoms with Crippen molar-refractivity contribution in [3.63, 3.8) is 0 Å². The van der Waals surface area contributed by atoms with Gasteiger partial charge in [-0.25, -0.2) is 0 Å². The monoisotopic (exact) mass is 360 g/mol. The maximum absolute atomic E-state index is 12.6. The molecule has 142 valence electrons. The van der Waals surface area contributed by atoms with Gasteiger partial charge in [0.2, 0.25) is 0 Å². The average molecular weight is 360 g/mol. The van der Waals surface area contributed by atoms with Crippen LogP contribution >= 0.6 is 0 Å². The van der Waals surface area contributed by atoms with E-state index in [1.54, 1.807) is 12.1 Å². The van der Waals surface area contributed by atoms with Crippen molar-refractivity contribution in [2.45, 2.75) is 52.7 Å². The molecule has 0 bridgehead atoms. The van der Waals surface area contributed by atoms with E-state index in [1.165, 1.54) is 24.0 Å². The molecule has 0 radical (unpaired) electrons. The predicted octanol–water partition coefficient (Wildman–Crippen LogP) is 2.80. The van der Waals surface area contributed by atoms with Gasteiger partial charge in [-0.3, -0.25) is 14.5 Å². The number of Topliss-reactive ketones (excluding diaryl/α,β-unsaturated/α-hetero) is 1. The number of hydrogen-bond donors (Lipinski definition) is 2. The second-order valence-electron chi connectivity index (χ2n) is 7.24. The normalized spacial score (nSPS) is 17.9. The van der Waals surface area contributed by atoms with Gasteiger partial charge in [-0.1, -0.05) is 12.1 Å². The smallest absolute Gasteiger partial charge is 0.290 e. The Labute approximate surface area is 154 Å². The van der Waals surface area contributed by atoms with E-state index in [2.05, 4.69) is 32.6 Å². The van der Waals surface area contributed by atoms with Gasteiger partial charge < -0.3 is 15.1 Å². The van der Waals surface area contributed by atoms with Crippen LogP contribution in [0.4, 0.5) is 0 Å². The predicted molar refractivity (Wildman–Crippen MR) is 99.9 cm³/mol. The number of amides is 1. The van der Waals surface area contributed by atoms with Crippen LogP contribution in [0.1, 0.15) is 46.2 Å². The molecular formula is C20H28N2O4. The molecule has 2 rings (SSSR count). The summed E-state index contributed by atoms with van der Waals surface area (Å²) in [6.45, 7) is 10.8. The number of aliphatic hydroxyl groups excluding tert-OH is 1. The van der Waals surface area contributed by atoms with Crippen molar-refractivity contribution >= 4 is 11.7 Å². The molecule has 1 aliphatic rings. The van der Waals surface area contributed by atoms with Gasteiger partial charge in [0.15, 0.2) is 11.5 Å². The van der Waals surface area contributed by atoms with Crippen molar-refractivity contribution in [1.29, 1.82) is 0 Å². The molecule has 0 spiro atoms. The molecule has 1 aliphatic heterocycles. The van der Waals surface area contributed by atoms with Gasteiger partial charge in [0.1, 0.15) is 5.75 Å². The van der Waals surface area contributed by atoms with Gasteiger partial charge >= 0.3 is 0 Å². The number of aliphatic hydroxyl groups is 1. The number of ketones is 1. The summed E-state index contributed by atoms with van der Waals surface area (Å²) in [7, 11) is 0. The summed E-state index contributed by atoms with van der Waals surface area (Å²) in [5, 5.41) is 19.8. The van der Waals surface area contributed by atoms with E-state index in [9.17, 15) is 19.8 Å². The summed E-state index contributed by atoms with van der Waals surface area (Å²) >= 11 is 0. The molecule has 0 aromatic heterocycles. The van der Waals surface area contributed by atoms with E-state index in [-0.39, 0.29) is 17.1 Å². The Hall–Kier alpha value is -2.34. The van der Waals surface area contributed by atoms with Crippen LogP contribution in [0.15, 0.2) is 35.6 Å². The molecule has 0 saturated heterocycles. The van der Waals surface area contributed by atoms with E-state index >= 15 is 0 Å². The summed E-state index contributed by atoms with van der Waals surface area (Å²) in [5.74, 6) is -1.23. The van der Waals surface area contributed by atoms with Gasteiger partial charge in [0, 0.05) is 25.2 Å². The first kappa shape index (κ1) is 20.0. The zero-order valence-electron chi connectivity index (χ0n) is 16.1. The van der Waals surface area contributed by atoms with Crippen LogP contribution in [-0.4, -0.2) is 56.9 Å². The first-order valence-electron chi connectivity index (χ1n) is 8.94. The number of hydrogen-bond acceptors (Lipinski definition) is 5. The number of carbonyl (C=O) groups excluding carboxylic acids is 2. The highest BCUT2D eigenvalue weighted by atomic mass is 16.3. The van der Waals surface area contributed by atoms with Gasteiger partial charge in [0.05, 0.1) is 11.6 Å². The van der Waals surface area contributed by atoms with E-state index < -0.39 is 17.7 Å². The maximum atomic E-state index is 12.6. The van der Waals surface area contributed by atoms with Crippen molar-refractivity contribution in [3.05, 3.63) is 41.2 Å². The third-order valence-corrected chi connectivity index (χ3v) is 4.82. The van der Waals surface area contributed by atoms with Crippen LogP contribution < -0.4 is 0 Å². The fourth-order valence-electron chi connectivity index (χ4n) is 3.58. The standard InChI is InChI=1S/C20H28N2O4/c1-12(2)21(13(3)4)10-11-22-18(15-6-8-16(24)9-7-15)17(14(5)23)19(25)20(22)26/h6-9,12-13,18,24-25H,10-11H2,1-5H3/t18-/m1/s1. The Bertz CT molecular complexity index is 699. The summed E-state index contributed by atoms with van der Waals surface area (Å²) < 4.78 is 0. The summed E-state index contributed by atoms with van der Waals surface area (Å²) in [6, 6.07) is 6.36. The van der Waals surface area contributed by atoms with Gasteiger partial charge in [-0.2, -0.15) is 0 Å². The fraction of sp³-hybridized carbons (Fsp3) is 0.500. The highest BCUT2D eigenvalue weighted by Crippen LogP contribution is 2.37. The Morgan fingerprint density at radius 2 is 1.65 bits per heavy atom. The molecule has 2 N–H and O–H groups in total. The van der Waals surface area contributed by atoms with Gasteiger partial charge in [-0.15, -0.1) is 0 Å². The average Bonchev–Trinajstić information content (AvgIpc) is 2.80. The number of rotatable bonds is 7. The van der Waals surface area contributed by atoms with Crippen molar-refractivity contribution in [2.24, 2.45) is 0 Å². The van der Waals surface area contributed by atoms with Crippen LogP contribution in [0.5, 0.6) is 5.75 Å². The van der Waals surface area contributed by atoms with E-state index in [0.29, 0.717) is 30.7 Å². The Balaban J connectivity index is 2.35. The lowest BCUT2D eigenvalue weighted by molar-refractivity contribution is -0.129. The molecule has 1 amide bonds. The highest BCUT2D eigenvalue weighted by molar-refractivity contribution is 6.08. The zero-order chi connectivity index (χ0) is 19.6. The number of carbonyl (C=O) groups is 2. The summed E-state index contributed by atoms with van der Waals surface area (Å²) in [6.07, 6.45) is 0. The topological polar surface area (TPSA) is 81.1 Å².